The molecule has 1 fully saturated rings. The van der Waals surface area contributed by atoms with Gasteiger partial charge in [0.1, 0.15) is 0 Å². The maximum Gasteiger partial charge on any atom is 0.222 e. The van der Waals surface area contributed by atoms with Gasteiger partial charge in [-0.05, 0) is 54.4 Å². The lowest BCUT2D eigenvalue weighted by atomic mass is 9.82. The number of hydrogen-bond donors (Lipinski definition) is 1. The summed E-state index contributed by atoms with van der Waals surface area (Å²) in [6.45, 7) is 8.47. The number of aryl methyl sites for hydroxylation is 1. The Kier molecular flexibility index (Phi) is 4.92. The molecule has 0 bridgehead atoms. The molecule has 0 aromatic heterocycles. The molecule has 1 heterocycles. The van der Waals surface area contributed by atoms with E-state index >= 15 is 0 Å². The first-order valence-electron chi connectivity index (χ1n) is 8.04. The van der Waals surface area contributed by atoms with Crippen molar-refractivity contribution in [2.24, 2.45) is 0 Å². The van der Waals surface area contributed by atoms with E-state index in [0.29, 0.717) is 6.42 Å². The van der Waals surface area contributed by atoms with Gasteiger partial charge in [0.25, 0.3) is 0 Å². The molecular formula is C18H28N2O. The molecule has 1 aromatic carbocycles. The van der Waals surface area contributed by atoms with Crippen molar-refractivity contribution in [1.29, 1.82) is 0 Å². The van der Waals surface area contributed by atoms with Gasteiger partial charge in [-0.2, -0.15) is 0 Å². The van der Waals surface area contributed by atoms with E-state index in [9.17, 15) is 4.79 Å². The van der Waals surface area contributed by atoms with Crippen molar-refractivity contribution >= 4 is 11.6 Å². The Bertz CT molecular complexity index is 496. The van der Waals surface area contributed by atoms with Crippen molar-refractivity contribution in [3.8, 4) is 0 Å². The van der Waals surface area contributed by atoms with E-state index in [4.69, 9.17) is 5.73 Å². The molecule has 3 nitrogen and oxygen atoms in total. The highest BCUT2D eigenvalue weighted by Gasteiger charge is 2.20. The topological polar surface area (TPSA) is 46.3 Å². The minimum Gasteiger partial charge on any atom is -0.399 e. The minimum absolute atomic E-state index is 0.0806. The number of likely N-dealkylation sites (tertiary alicyclic amines) is 1. The highest BCUT2D eigenvalue weighted by atomic mass is 16.2. The van der Waals surface area contributed by atoms with E-state index in [1.54, 1.807) is 0 Å². The zero-order chi connectivity index (χ0) is 15.5. The van der Waals surface area contributed by atoms with Gasteiger partial charge < -0.3 is 10.6 Å². The van der Waals surface area contributed by atoms with E-state index in [2.05, 4.69) is 26.8 Å². The summed E-state index contributed by atoms with van der Waals surface area (Å²) in [4.78, 5) is 14.3. The minimum atomic E-state index is 0.0806. The number of piperidine rings is 1. The van der Waals surface area contributed by atoms with Crippen molar-refractivity contribution in [2.45, 2.75) is 58.3 Å². The number of benzene rings is 1. The normalized spacial score (nSPS) is 16.0. The third-order valence-electron chi connectivity index (χ3n) is 4.25. The zero-order valence-electron chi connectivity index (χ0n) is 13.6. The number of rotatable bonds is 3. The fourth-order valence-corrected chi connectivity index (χ4v) is 3.10. The van der Waals surface area contributed by atoms with Gasteiger partial charge in [-0.15, -0.1) is 0 Å². The number of nitrogens with two attached hydrogens (primary N) is 1. The van der Waals surface area contributed by atoms with Crippen LogP contribution in [0.5, 0.6) is 0 Å². The number of hydrogen-bond acceptors (Lipinski definition) is 2. The van der Waals surface area contributed by atoms with Crippen LogP contribution in [0.2, 0.25) is 0 Å². The average molecular weight is 288 g/mol. The van der Waals surface area contributed by atoms with Gasteiger partial charge in [0.15, 0.2) is 0 Å². The number of anilines is 1. The van der Waals surface area contributed by atoms with Crippen LogP contribution in [0.15, 0.2) is 18.2 Å². The second kappa shape index (κ2) is 6.50. The van der Waals surface area contributed by atoms with Crippen LogP contribution in [0.4, 0.5) is 5.69 Å². The van der Waals surface area contributed by atoms with E-state index < -0.39 is 0 Å². The first-order valence-corrected chi connectivity index (χ1v) is 8.04. The molecule has 0 aliphatic carbocycles. The third kappa shape index (κ3) is 4.23. The van der Waals surface area contributed by atoms with Crippen LogP contribution in [0, 0.1) is 0 Å². The molecular weight excluding hydrogens is 260 g/mol. The van der Waals surface area contributed by atoms with Crippen LogP contribution in [-0.2, 0) is 16.6 Å². The largest absolute Gasteiger partial charge is 0.399 e. The van der Waals surface area contributed by atoms with Crippen LogP contribution in [0.1, 0.15) is 57.6 Å². The van der Waals surface area contributed by atoms with Gasteiger partial charge in [0.05, 0.1) is 0 Å². The molecule has 21 heavy (non-hydrogen) atoms. The molecule has 116 valence electrons. The highest BCUT2D eigenvalue weighted by Crippen LogP contribution is 2.28. The number of carbonyl (C=O) groups excluding carboxylic acids is 1. The second-order valence-corrected chi connectivity index (χ2v) is 7.11. The summed E-state index contributed by atoms with van der Waals surface area (Å²) >= 11 is 0. The van der Waals surface area contributed by atoms with Crippen LogP contribution in [-0.4, -0.2) is 23.9 Å². The maximum absolute atomic E-state index is 12.3. The van der Waals surface area contributed by atoms with Gasteiger partial charge in [0.2, 0.25) is 5.91 Å². The molecule has 1 amide bonds. The summed E-state index contributed by atoms with van der Waals surface area (Å²) in [7, 11) is 0. The number of nitrogen functional groups attached to an aromatic ring is 1. The molecule has 1 aliphatic rings. The van der Waals surface area contributed by atoms with Crippen LogP contribution in [0.3, 0.4) is 0 Å². The monoisotopic (exact) mass is 288 g/mol. The SMILES string of the molecule is CC(C)(C)c1ccc(N)cc1CCC(=O)N1CCCCC1. The van der Waals surface area contributed by atoms with E-state index in [0.717, 1.165) is 38.0 Å². The second-order valence-electron chi connectivity index (χ2n) is 7.11. The number of nitrogens with zero attached hydrogens (tertiary/aromatic N) is 1. The molecule has 0 atom stereocenters. The van der Waals surface area contributed by atoms with Crippen molar-refractivity contribution < 1.29 is 4.79 Å². The summed E-state index contributed by atoms with van der Waals surface area (Å²) in [5.74, 6) is 0.289. The molecule has 0 radical (unpaired) electrons. The Morgan fingerprint density at radius 1 is 1.19 bits per heavy atom. The summed E-state index contributed by atoms with van der Waals surface area (Å²) < 4.78 is 0. The van der Waals surface area contributed by atoms with E-state index in [1.165, 1.54) is 17.5 Å². The Morgan fingerprint density at radius 3 is 2.48 bits per heavy atom. The summed E-state index contributed by atoms with van der Waals surface area (Å²) in [6, 6.07) is 6.09. The Labute approximate surface area is 128 Å². The number of amides is 1. The van der Waals surface area contributed by atoms with Crippen LogP contribution < -0.4 is 5.73 Å². The molecule has 2 rings (SSSR count). The average Bonchev–Trinajstić information content (AvgIpc) is 2.44. The van der Waals surface area contributed by atoms with Crippen molar-refractivity contribution in [3.63, 3.8) is 0 Å². The quantitative estimate of drug-likeness (QED) is 0.865. The molecule has 2 N–H and O–H groups in total. The van der Waals surface area contributed by atoms with Gasteiger partial charge in [-0.3, -0.25) is 4.79 Å². The maximum atomic E-state index is 12.3. The lowest BCUT2D eigenvalue weighted by Gasteiger charge is -2.27. The Hall–Kier alpha value is -1.51. The smallest absolute Gasteiger partial charge is 0.222 e. The molecule has 3 heteroatoms. The molecule has 0 unspecified atom stereocenters. The van der Waals surface area contributed by atoms with E-state index in [-0.39, 0.29) is 11.3 Å². The van der Waals surface area contributed by atoms with Crippen LogP contribution in [0.25, 0.3) is 0 Å². The molecule has 1 saturated heterocycles. The first kappa shape index (κ1) is 15.9. The summed E-state index contributed by atoms with van der Waals surface area (Å²) in [5.41, 5.74) is 9.30. The Morgan fingerprint density at radius 2 is 1.86 bits per heavy atom. The van der Waals surface area contributed by atoms with Gasteiger partial charge in [0, 0.05) is 25.2 Å². The fraction of sp³-hybridized carbons (Fsp3) is 0.611. The summed E-state index contributed by atoms with van der Waals surface area (Å²) in [6.07, 6.45) is 4.93. The molecule has 0 saturated carbocycles. The predicted octanol–water partition coefficient (Wildman–Crippen LogP) is 3.51. The standard InChI is InChI=1S/C18H28N2O/c1-18(2,3)16-9-8-15(19)13-14(16)7-10-17(21)20-11-5-4-6-12-20/h8-9,13H,4-7,10-12,19H2,1-3H3. The van der Waals surface area contributed by atoms with Crippen molar-refractivity contribution in [3.05, 3.63) is 29.3 Å². The Balaban J connectivity index is 2.05. The first-order chi connectivity index (χ1) is 9.88. The molecule has 1 aliphatic heterocycles. The number of carbonyl (C=O) groups is 1. The lowest BCUT2D eigenvalue weighted by molar-refractivity contribution is -0.132. The van der Waals surface area contributed by atoms with Gasteiger partial charge >= 0.3 is 0 Å². The fourth-order valence-electron chi connectivity index (χ4n) is 3.10. The molecule has 0 spiro atoms. The summed E-state index contributed by atoms with van der Waals surface area (Å²) in [5, 5.41) is 0. The zero-order valence-corrected chi connectivity index (χ0v) is 13.6. The van der Waals surface area contributed by atoms with Crippen molar-refractivity contribution in [1.82, 2.24) is 4.90 Å². The van der Waals surface area contributed by atoms with Crippen molar-refractivity contribution in [2.75, 3.05) is 18.8 Å². The van der Waals surface area contributed by atoms with Gasteiger partial charge in [-0.1, -0.05) is 26.8 Å². The third-order valence-corrected chi connectivity index (χ3v) is 4.25. The molecule has 1 aromatic rings. The highest BCUT2D eigenvalue weighted by molar-refractivity contribution is 5.76. The lowest BCUT2D eigenvalue weighted by Crippen LogP contribution is -2.35. The predicted molar refractivity (Wildman–Crippen MR) is 88.3 cm³/mol. The van der Waals surface area contributed by atoms with Gasteiger partial charge in [-0.25, -0.2) is 0 Å². The van der Waals surface area contributed by atoms with Crippen LogP contribution >= 0.6 is 0 Å². The van der Waals surface area contributed by atoms with E-state index in [1.807, 2.05) is 17.0 Å².